The monoisotopic (exact) mass is 568 g/mol. The first kappa shape index (κ1) is 30.9. The zero-order valence-electron chi connectivity index (χ0n) is 21.1. The van der Waals surface area contributed by atoms with E-state index in [1.54, 1.807) is 0 Å². The van der Waals surface area contributed by atoms with E-state index in [0.29, 0.717) is 5.56 Å². The number of hydrogen-bond donors (Lipinski definition) is 9. The number of aliphatic hydroxyl groups is 4. The third kappa shape index (κ3) is 7.71. The van der Waals surface area contributed by atoms with Crippen LogP contribution in [0.4, 0.5) is 0 Å². The molecule has 1 aliphatic heterocycles. The van der Waals surface area contributed by atoms with Gasteiger partial charge in [-0.2, -0.15) is 0 Å². The first-order valence-corrected chi connectivity index (χ1v) is 12.3. The summed E-state index contributed by atoms with van der Waals surface area (Å²) >= 11 is 0. The number of phenolic OH excluding ortho intramolecular Hbond substituents is 4. The Bertz CT molecular complexity index is 1170. The van der Waals surface area contributed by atoms with Crippen LogP contribution in [0, 0.1) is 0 Å². The molecule has 40 heavy (non-hydrogen) atoms. The fourth-order valence-corrected chi connectivity index (χ4v) is 4.21. The molecule has 2 aromatic rings. The first-order chi connectivity index (χ1) is 18.9. The maximum Gasteiger partial charge on any atom is 0.345 e. The molecule has 0 saturated carbocycles. The number of rotatable bonds is 12. The number of aliphatic hydroxyl groups excluding tert-OH is 4. The highest BCUT2D eigenvalue weighted by Crippen LogP contribution is 2.33. The van der Waals surface area contributed by atoms with E-state index in [4.69, 9.17) is 14.2 Å². The summed E-state index contributed by atoms with van der Waals surface area (Å²) < 4.78 is 16.0. The van der Waals surface area contributed by atoms with Crippen LogP contribution in [0.2, 0.25) is 0 Å². The number of esters is 1. The Morgan fingerprint density at radius 2 is 1.52 bits per heavy atom. The first-order valence-electron chi connectivity index (χ1n) is 12.3. The second kappa shape index (κ2) is 13.6. The van der Waals surface area contributed by atoms with Gasteiger partial charge in [-0.05, 0) is 47.7 Å². The van der Waals surface area contributed by atoms with Gasteiger partial charge < -0.3 is 60.2 Å². The molecule has 1 aliphatic rings. The van der Waals surface area contributed by atoms with Gasteiger partial charge in [0.1, 0.15) is 24.4 Å². The van der Waals surface area contributed by atoms with Crippen LogP contribution in [0.5, 0.6) is 23.0 Å². The van der Waals surface area contributed by atoms with E-state index in [1.807, 2.05) is 0 Å². The molecule has 3 rings (SSSR count). The number of ether oxygens (including phenoxy) is 3. The van der Waals surface area contributed by atoms with E-state index >= 15 is 0 Å². The minimum Gasteiger partial charge on any atom is -0.504 e. The molecule has 0 aliphatic carbocycles. The summed E-state index contributed by atoms with van der Waals surface area (Å²) in [5.41, 5.74) is 0.642. The third-order valence-corrected chi connectivity index (χ3v) is 6.49. The second-order valence-corrected chi connectivity index (χ2v) is 9.35. The Kier molecular flexibility index (Phi) is 10.5. The molecule has 0 spiro atoms. The molecule has 1 heterocycles. The van der Waals surface area contributed by atoms with E-state index in [1.165, 1.54) is 24.3 Å². The lowest BCUT2D eigenvalue weighted by Crippen LogP contribution is -2.59. The van der Waals surface area contributed by atoms with Gasteiger partial charge in [0.05, 0.1) is 19.6 Å². The Balaban J connectivity index is 1.70. The van der Waals surface area contributed by atoms with Crippen LogP contribution in [-0.2, 0) is 30.2 Å². The van der Waals surface area contributed by atoms with Crippen molar-refractivity contribution in [1.29, 1.82) is 0 Å². The summed E-state index contributed by atoms with van der Waals surface area (Å²) in [5.74, 6) is -4.90. The summed E-state index contributed by atoms with van der Waals surface area (Å²) in [6.45, 7) is -0.849. The largest absolute Gasteiger partial charge is 0.504 e. The Morgan fingerprint density at radius 3 is 2.12 bits per heavy atom. The fourth-order valence-electron chi connectivity index (χ4n) is 4.21. The topological polar surface area (TPSA) is 244 Å². The number of benzene rings is 2. The maximum atomic E-state index is 12.8. The normalized spacial score (nSPS) is 24.2. The van der Waals surface area contributed by atoms with Gasteiger partial charge in [-0.25, -0.2) is 4.79 Å². The Morgan fingerprint density at radius 1 is 0.875 bits per heavy atom. The number of carboxylic acids is 1. The van der Waals surface area contributed by atoms with Crippen LogP contribution in [0.1, 0.15) is 29.9 Å². The van der Waals surface area contributed by atoms with Crippen molar-refractivity contribution in [2.24, 2.45) is 0 Å². The molecule has 14 nitrogen and oxygen atoms in total. The summed E-state index contributed by atoms with van der Waals surface area (Å²) in [6.07, 6.45) is -9.79. The molecule has 9 N–H and O–H groups in total. The molecule has 0 aromatic heterocycles. The summed E-state index contributed by atoms with van der Waals surface area (Å²) in [5, 5.41) is 87.6. The van der Waals surface area contributed by atoms with E-state index in [0.717, 1.165) is 12.1 Å². The van der Waals surface area contributed by atoms with E-state index in [-0.39, 0.29) is 25.0 Å². The molecule has 1 fully saturated rings. The predicted octanol–water partition coefficient (Wildman–Crippen LogP) is -0.572. The van der Waals surface area contributed by atoms with E-state index in [9.17, 15) is 55.5 Å². The zero-order chi connectivity index (χ0) is 29.6. The summed E-state index contributed by atoms with van der Waals surface area (Å²) in [6, 6.07) is 7.48. The van der Waals surface area contributed by atoms with Crippen LogP contribution in [-0.4, -0.2) is 108 Å². The standard InChI is InChI=1S/C26H32O14/c27-11-20-22(33)23(34)24(35)26(40-20)38-6-5-14(13-2-4-16(29)18(31)9-13)10-21(32)39-19(25(36)37)8-12-1-3-15(28)17(30)7-12/h1-4,7,9,14,19-20,22-24,26-31,33-35H,5-6,8,10-11H2,(H,36,37)/t14-,19-,20-,22-,23+,24-,26-/m1/s1. The third-order valence-electron chi connectivity index (χ3n) is 6.49. The number of aromatic hydroxyl groups is 4. The van der Waals surface area contributed by atoms with Gasteiger partial charge in [0.25, 0.3) is 0 Å². The van der Waals surface area contributed by atoms with Gasteiger partial charge in [0.15, 0.2) is 29.3 Å². The van der Waals surface area contributed by atoms with Crippen LogP contribution in [0.25, 0.3) is 0 Å². The lowest BCUT2D eigenvalue weighted by molar-refractivity contribution is -0.301. The number of carboxylic acid groups (broad SMARTS) is 1. The average Bonchev–Trinajstić information content (AvgIpc) is 2.91. The lowest BCUT2D eigenvalue weighted by atomic mass is 9.92. The van der Waals surface area contributed by atoms with Gasteiger partial charge >= 0.3 is 11.9 Å². The van der Waals surface area contributed by atoms with Gasteiger partial charge in [-0.3, -0.25) is 4.79 Å². The molecule has 0 radical (unpaired) electrons. The van der Waals surface area contributed by atoms with Crippen LogP contribution >= 0.6 is 0 Å². The number of aliphatic carboxylic acids is 1. The number of hydrogen-bond acceptors (Lipinski definition) is 13. The predicted molar refractivity (Wildman–Crippen MR) is 132 cm³/mol. The fraction of sp³-hybridized carbons (Fsp3) is 0.462. The highest BCUT2D eigenvalue weighted by atomic mass is 16.7. The molecule has 14 heteroatoms. The summed E-state index contributed by atoms with van der Waals surface area (Å²) in [7, 11) is 0. The lowest BCUT2D eigenvalue weighted by Gasteiger charge is -2.39. The highest BCUT2D eigenvalue weighted by molar-refractivity contribution is 5.78. The molecule has 7 atom stereocenters. The van der Waals surface area contributed by atoms with E-state index < -0.39 is 90.7 Å². The smallest absolute Gasteiger partial charge is 0.345 e. The minimum absolute atomic E-state index is 0.0257. The molecular weight excluding hydrogens is 536 g/mol. The van der Waals surface area contributed by atoms with Crippen molar-refractivity contribution < 1.29 is 69.8 Å². The Hall–Kier alpha value is -3.66. The molecule has 2 aromatic carbocycles. The van der Waals surface area contributed by atoms with Crippen molar-refractivity contribution in [3.63, 3.8) is 0 Å². The minimum atomic E-state index is -1.65. The van der Waals surface area contributed by atoms with Gasteiger partial charge in [-0.15, -0.1) is 0 Å². The van der Waals surface area contributed by atoms with Crippen LogP contribution in [0.3, 0.4) is 0 Å². The zero-order valence-corrected chi connectivity index (χ0v) is 21.1. The SMILES string of the molecule is O=C(C[C@@H](CCO[C@@H]1O[C@H](CO)[C@@H](O)[C@H](O)[C@H]1O)c1ccc(O)c(O)c1)O[C@H](Cc1ccc(O)c(O)c1)C(=O)O. The second-order valence-electron chi connectivity index (χ2n) is 9.35. The quantitative estimate of drug-likeness (QED) is 0.115. The van der Waals surface area contributed by atoms with Crippen molar-refractivity contribution in [3.05, 3.63) is 47.5 Å². The number of carbonyl (C=O) groups is 2. The summed E-state index contributed by atoms with van der Waals surface area (Å²) in [4.78, 5) is 24.5. The van der Waals surface area contributed by atoms with Crippen LogP contribution in [0.15, 0.2) is 36.4 Å². The van der Waals surface area contributed by atoms with Crippen LogP contribution < -0.4 is 0 Å². The average molecular weight is 569 g/mol. The highest BCUT2D eigenvalue weighted by Gasteiger charge is 2.44. The molecular formula is C26H32O14. The molecule has 0 unspecified atom stereocenters. The van der Waals surface area contributed by atoms with Crippen molar-refractivity contribution in [1.82, 2.24) is 0 Å². The Labute approximate surface area is 227 Å². The maximum absolute atomic E-state index is 12.8. The molecule has 0 amide bonds. The van der Waals surface area contributed by atoms with Crippen molar-refractivity contribution in [2.45, 2.75) is 62.0 Å². The molecule has 1 saturated heterocycles. The van der Waals surface area contributed by atoms with E-state index in [2.05, 4.69) is 0 Å². The van der Waals surface area contributed by atoms with Gasteiger partial charge in [0, 0.05) is 6.42 Å². The number of carbonyl (C=O) groups excluding carboxylic acids is 1. The van der Waals surface area contributed by atoms with Crippen molar-refractivity contribution >= 4 is 11.9 Å². The molecule has 0 bridgehead atoms. The van der Waals surface area contributed by atoms with Crippen molar-refractivity contribution in [2.75, 3.05) is 13.2 Å². The van der Waals surface area contributed by atoms with Crippen molar-refractivity contribution in [3.8, 4) is 23.0 Å². The van der Waals surface area contributed by atoms with Gasteiger partial charge in [0.2, 0.25) is 6.10 Å². The van der Waals surface area contributed by atoms with Gasteiger partial charge in [-0.1, -0.05) is 12.1 Å². The number of phenols is 4. The molecule has 220 valence electrons.